The van der Waals surface area contributed by atoms with Crippen molar-refractivity contribution in [1.82, 2.24) is 24.4 Å². The van der Waals surface area contributed by atoms with Crippen LogP contribution in [0.15, 0.2) is 12.3 Å². The maximum Gasteiger partial charge on any atom is 0.268 e. The lowest BCUT2D eigenvalue weighted by Gasteiger charge is -2.12. The van der Waals surface area contributed by atoms with Gasteiger partial charge in [-0.25, -0.2) is 14.3 Å². The van der Waals surface area contributed by atoms with E-state index < -0.39 is 0 Å². The number of hydrogen-bond acceptors (Lipinski definition) is 6. The second-order valence-corrected chi connectivity index (χ2v) is 8.13. The van der Waals surface area contributed by atoms with Crippen LogP contribution in [0.1, 0.15) is 48.6 Å². The quantitative estimate of drug-likeness (QED) is 0.533. The topological polar surface area (TPSA) is 111 Å². The molecule has 2 saturated carbocycles. The summed E-state index contributed by atoms with van der Waals surface area (Å²) in [4.78, 5) is 8.32. The van der Waals surface area contributed by atoms with E-state index in [-0.39, 0.29) is 12.1 Å². The molecule has 0 spiro atoms. The summed E-state index contributed by atoms with van der Waals surface area (Å²) in [6, 6.07) is 1.98. The van der Waals surface area contributed by atoms with Crippen LogP contribution < -0.4 is 11.1 Å². The zero-order chi connectivity index (χ0) is 20.2. The van der Waals surface area contributed by atoms with E-state index in [9.17, 15) is 5.11 Å². The number of nitrogens with one attached hydrogen (secondary N) is 1. The third-order valence-electron chi connectivity index (χ3n) is 6.02. The molecule has 0 bridgehead atoms. The number of nitrogens with zero attached hydrogens (tertiary/aromatic N) is 6. The molecular weight excluding hydrogens is 368 g/mol. The first kappa shape index (κ1) is 17.9. The Morgan fingerprint density at radius 3 is 2.83 bits per heavy atom. The van der Waals surface area contributed by atoms with Crippen LogP contribution in [0.4, 0.5) is 17.3 Å². The molecule has 0 unspecified atom stereocenters. The SMILES string of the molecule is [C-]#[N+]c1c(NCCc2ccn(C3(CO)CC3)n2)nc2c(C3CC3)c(C)nn2c1N. The van der Waals surface area contributed by atoms with Crippen LogP contribution in [-0.4, -0.2) is 42.6 Å². The number of nitrogen functional groups attached to an aromatic ring is 1. The van der Waals surface area contributed by atoms with E-state index in [2.05, 4.69) is 20.4 Å². The Morgan fingerprint density at radius 2 is 2.17 bits per heavy atom. The fourth-order valence-corrected chi connectivity index (χ4v) is 3.94. The molecule has 9 nitrogen and oxygen atoms in total. The maximum atomic E-state index is 9.55. The highest BCUT2D eigenvalue weighted by Crippen LogP contribution is 2.45. The molecule has 0 aromatic carbocycles. The zero-order valence-electron chi connectivity index (χ0n) is 16.4. The predicted octanol–water partition coefficient (Wildman–Crippen LogP) is 2.38. The molecule has 2 aliphatic rings. The summed E-state index contributed by atoms with van der Waals surface area (Å²) in [7, 11) is 0. The molecule has 3 aromatic rings. The highest BCUT2D eigenvalue weighted by atomic mass is 16.3. The lowest BCUT2D eigenvalue weighted by Crippen LogP contribution is -2.22. The van der Waals surface area contributed by atoms with E-state index in [0.29, 0.717) is 36.2 Å². The predicted molar refractivity (Wildman–Crippen MR) is 109 cm³/mol. The third-order valence-corrected chi connectivity index (χ3v) is 6.02. The van der Waals surface area contributed by atoms with Crippen LogP contribution in [0.3, 0.4) is 0 Å². The minimum absolute atomic E-state index is 0.123. The van der Waals surface area contributed by atoms with Crippen LogP contribution in [0.5, 0.6) is 0 Å². The van der Waals surface area contributed by atoms with Gasteiger partial charge in [0.05, 0.1) is 30.1 Å². The van der Waals surface area contributed by atoms with Crippen molar-refractivity contribution in [2.75, 3.05) is 24.2 Å². The molecule has 4 N–H and O–H groups in total. The second-order valence-electron chi connectivity index (χ2n) is 8.13. The van der Waals surface area contributed by atoms with Crippen LogP contribution in [-0.2, 0) is 12.0 Å². The number of fused-ring (bicyclic) bond motifs is 1. The minimum Gasteiger partial charge on any atom is -0.394 e. The average molecular weight is 392 g/mol. The number of nitrogens with two attached hydrogens (primary N) is 1. The average Bonchev–Trinajstić information content (AvgIpc) is 3.63. The summed E-state index contributed by atoms with van der Waals surface area (Å²) in [5, 5.41) is 21.9. The van der Waals surface area contributed by atoms with Gasteiger partial charge in [-0.05, 0) is 44.6 Å². The number of anilines is 2. The Bertz CT molecular complexity index is 1130. The van der Waals surface area contributed by atoms with Gasteiger partial charge in [-0.1, -0.05) is 0 Å². The zero-order valence-corrected chi connectivity index (χ0v) is 16.4. The molecule has 3 heterocycles. The fraction of sp³-hybridized carbons (Fsp3) is 0.500. The first-order valence-electron chi connectivity index (χ1n) is 10.0. The summed E-state index contributed by atoms with van der Waals surface area (Å²) in [5.41, 5.74) is 10.1. The van der Waals surface area contributed by atoms with Gasteiger partial charge >= 0.3 is 0 Å². The molecule has 2 fully saturated rings. The normalized spacial score (nSPS) is 17.4. The monoisotopic (exact) mass is 392 g/mol. The number of aromatic nitrogens is 5. The van der Waals surface area contributed by atoms with Crippen LogP contribution in [0.25, 0.3) is 10.5 Å². The molecule has 3 aromatic heterocycles. The van der Waals surface area contributed by atoms with Gasteiger partial charge in [0.2, 0.25) is 0 Å². The van der Waals surface area contributed by atoms with E-state index >= 15 is 0 Å². The van der Waals surface area contributed by atoms with Crippen molar-refractivity contribution >= 4 is 23.0 Å². The molecular formula is C20H24N8O. The molecule has 0 radical (unpaired) electrons. The van der Waals surface area contributed by atoms with E-state index in [4.69, 9.17) is 17.3 Å². The van der Waals surface area contributed by atoms with Crippen molar-refractivity contribution in [3.8, 4) is 0 Å². The molecule has 150 valence electrons. The van der Waals surface area contributed by atoms with Gasteiger partial charge in [-0.15, -0.1) is 0 Å². The number of aliphatic hydroxyl groups excluding tert-OH is 1. The summed E-state index contributed by atoms with van der Waals surface area (Å²) in [5.74, 6) is 1.32. The summed E-state index contributed by atoms with van der Waals surface area (Å²) in [6.45, 7) is 10.2. The number of hydrogen-bond donors (Lipinski definition) is 3. The molecule has 2 aliphatic carbocycles. The van der Waals surface area contributed by atoms with Gasteiger partial charge in [0.15, 0.2) is 5.65 Å². The van der Waals surface area contributed by atoms with E-state index in [0.717, 1.165) is 48.3 Å². The summed E-state index contributed by atoms with van der Waals surface area (Å²) < 4.78 is 3.49. The molecule has 0 atom stereocenters. The summed E-state index contributed by atoms with van der Waals surface area (Å²) in [6.07, 6.45) is 6.85. The molecule has 5 rings (SSSR count). The van der Waals surface area contributed by atoms with E-state index in [1.807, 2.05) is 23.9 Å². The Kier molecular flexibility index (Phi) is 3.99. The van der Waals surface area contributed by atoms with E-state index in [1.165, 1.54) is 0 Å². The highest BCUT2D eigenvalue weighted by Gasteiger charge is 2.44. The fourth-order valence-electron chi connectivity index (χ4n) is 3.94. The second kappa shape index (κ2) is 6.46. The number of rotatable bonds is 7. The van der Waals surface area contributed by atoms with Gasteiger partial charge in [0.1, 0.15) is 11.6 Å². The largest absolute Gasteiger partial charge is 0.394 e. The lowest BCUT2D eigenvalue weighted by atomic mass is 10.1. The van der Waals surface area contributed by atoms with Crippen molar-refractivity contribution in [1.29, 1.82) is 0 Å². The van der Waals surface area contributed by atoms with Gasteiger partial charge in [0, 0.05) is 24.7 Å². The van der Waals surface area contributed by atoms with Crippen LogP contribution in [0, 0.1) is 13.5 Å². The third kappa shape index (κ3) is 2.91. The standard InChI is InChI=1S/C20H24N8O/c1-12-15(13-3-4-13)19-24-18(16(22-2)17(21)28(19)25-12)23-9-5-14-6-10-27(26-14)20(11-29)7-8-20/h6,10,13,29H,3-5,7-9,11,21H2,1H3,(H,23,24). The Balaban J connectivity index is 1.37. The number of aliphatic hydroxyl groups is 1. The van der Waals surface area contributed by atoms with E-state index in [1.54, 1.807) is 4.52 Å². The molecule has 29 heavy (non-hydrogen) atoms. The van der Waals surface area contributed by atoms with Crippen molar-refractivity contribution in [2.45, 2.75) is 50.5 Å². The van der Waals surface area contributed by atoms with Gasteiger partial charge in [0.25, 0.3) is 5.69 Å². The Hall–Kier alpha value is -3.12. The first-order valence-corrected chi connectivity index (χ1v) is 10.0. The Labute approximate surface area is 168 Å². The Morgan fingerprint density at radius 1 is 1.38 bits per heavy atom. The van der Waals surface area contributed by atoms with Crippen molar-refractivity contribution in [2.24, 2.45) is 0 Å². The van der Waals surface area contributed by atoms with Crippen molar-refractivity contribution in [3.63, 3.8) is 0 Å². The number of aryl methyl sites for hydroxylation is 1. The van der Waals surface area contributed by atoms with Gasteiger partial charge < -0.3 is 16.2 Å². The molecule has 0 saturated heterocycles. The summed E-state index contributed by atoms with van der Waals surface area (Å²) >= 11 is 0. The van der Waals surface area contributed by atoms with Gasteiger partial charge in [-0.3, -0.25) is 4.68 Å². The first-order chi connectivity index (χ1) is 14.1. The van der Waals surface area contributed by atoms with Crippen molar-refractivity contribution in [3.05, 3.63) is 40.6 Å². The van der Waals surface area contributed by atoms with Crippen molar-refractivity contribution < 1.29 is 5.11 Å². The van der Waals surface area contributed by atoms with Gasteiger partial charge in [-0.2, -0.15) is 10.2 Å². The highest BCUT2D eigenvalue weighted by molar-refractivity contribution is 5.80. The van der Waals surface area contributed by atoms with Crippen LogP contribution in [0.2, 0.25) is 0 Å². The molecule has 0 amide bonds. The smallest absolute Gasteiger partial charge is 0.268 e. The minimum atomic E-state index is -0.191. The molecule has 0 aliphatic heterocycles. The lowest BCUT2D eigenvalue weighted by molar-refractivity contribution is 0.202. The maximum absolute atomic E-state index is 9.55. The van der Waals surface area contributed by atoms with Crippen LogP contribution >= 0.6 is 0 Å². The molecule has 9 heteroatoms.